The Bertz CT molecular complexity index is 1140. The van der Waals surface area contributed by atoms with Crippen LogP contribution in [0.2, 0.25) is 0 Å². The third-order valence-electron chi connectivity index (χ3n) is 10.2. The highest BCUT2D eigenvalue weighted by Crippen LogP contribution is 2.58. The van der Waals surface area contributed by atoms with Crippen LogP contribution in [0.4, 0.5) is 4.39 Å². The third-order valence-corrected chi connectivity index (χ3v) is 10.2. The van der Waals surface area contributed by atoms with E-state index in [0.29, 0.717) is 38.1 Å². The zero-order chi connectivity index (χ0) is 28.1. The fourth-order valence-corrected chi connectivity index (χ4v) is 7.01. The molecule has 2 amide bonds. The van der Waals surface area contributed by atoms with Crippen LogP contribution in [-0.2, 0) is 9.59 Å². The molecule has 5 rings (SSSR count). The molecule has 4 fully saturated rings. The molecular formula is C30H41FN2O6. The van der Waals surface area contributed by atoms with E-state index < -0.39 is 23.1 Å². The summed E-state index contributed by atoms with van der Waals surface area (Å²) in [6.45, 7) is 6.66. The Morgan fingerprint density at radius 3 is 2.36 bits per heavy atom. The molecule has 0 radical (unpaired) electrons. The second-order valence-corrected chi connectivity index (χ2v) is 13.0. The number of benzene rings is 1. The van der Waals surface area contributed by atoms with Crippen molar-refractivity contribution in [2.24, 2.45) is 34.5 Å². The molecule has 214 valence electrons. The summed E-state index contributed by atoms with van der Waals surface area (Å²) < 4.78 is 26.2. The molecule has 1 unspecified atom stereocenters. The van der Waals surface area contributed by atoms with E-state index >= 15 is 0 Å². The average molecular weight is 545 g/mol. The Labute approximate surface area is 229 Å². The lowest BCUT2D eigenvalue weighted by atomic mass is 9.70. The highest BCUT2D eigenvalue weighted by molar-refractivity contribution is 5.98. The summed E-state index contributed by atoms with van der Waals surface area (Å²) in [5.74, 6) is -1.31. The highest BCUT2D eigenvalue weighted by atomic mass is 19.1. The minimum atomic E-state index is -0.835. The number of hydrogen-bond donors (Lipinski definition) is 3. The van der Waals surface area contributed by atoms with Crippen LogP contribution in [0.15, 0.2) is 12.1 Å². The lowest BCUT2D eigenvalue weighted by molar-refractivity contribution is -0.150. The van der Waals surface area contributed by atoms with Gasteiger partial charge in [-0.2, -0.15) is 0 Å². The smallest absolute Gasteiger partial charge is 0.309 e. The summed E-state index contributed by atoms with van der Waals surface area (Å²) in [7, 11) is 1.38. The van der Waals surface area contributed by atoms with Crippen molar-refractivity contribution < 1.29 is 33.4 Å². The summed E-state index contributed by atoms with van der Waals surface area (Å²) in [6.07, 6.45) is 5.92. The van der Waals surface area contributed by atoms with E-state index in [1.165, 1.54) is 19.6 Å². The van der Waals surface area contributed by atoms with Crippen LogP contribution < -0.4 is 20.1 Å². The number of carbonyl (C=O) groups is 3. The number of hydrogen-bond acceptors (Lipinski definition) is 5. The summed E-state index contributed by atoms with van der Waals surface area (Å²) in [6, 6.07) is 2.19. The van der Waals surface area contributed by atoms with Gasteiger partial charge in [-0.3, -0.25) is 14.4 Å². The molecule has 9 heteroatoms. The largest absolute Gasteiger partial charge is 0.496 e. The van der Waals surface area contributed by atoms with Crippen molar-refractivity contribution in [1.29, 1.82) is 0 Å². The molecule has 5 atom stereocenters. The Balaban J connectivity index is 1.28. The number of nitrogens with one attached hydrogen (secondary N) is 2. The highest BCUT2D eigenvalue weighted by Gasteiger charge is 2.60. The predicted octanol–water partition coefficient (Wildman–Crippen LogP) is 4.55. The van der Waals surface area contributed by atoms with Crippen molar-refractivity contribution in [3.05, 3.63) is 23.5 Å². The molecule has 0 heterocycles. The summed E-state index contributed by atoms with van der Waals surface area (Å²) in [5.41, 5.74) is -0.487. The van der Waals surface area contributed by atoms with E-state index in [1.54, 1.807) is 6.92 Å². The van der Waals surface area contributed by atoms with Gasteiger partial charge in [-0.05, 0) is 81.1 Å². The first kappa shape index (κ1) is 27.7. The van der Waals surface area contributed by atoms with Gasteiger partial charge in [0.05, 0.1) is 30.1 Å². The van der Waals surface area contributed by atoms with E-state index in [1.807, 2.05) is 0 Å². The van der Waals surface area contributed by atoms with E-state index in [-0.39, 0.29) is 58.3 Å². The van der Waals surface area contributed by atoms with E-state index in [0.717, 1.165) is 25.3 Å². The molecule has 1 aromatic carbocycles. The van der Waals surface area contributed by atoms with Crippen molar-refractivity contribution in [2.45, 2.75) is 84.3 Å². The number of ether oxygens (including phenoxy) is 2. The Morgan fingerprint density at radius 2 is 1.77 bits per heavy atom. The molecular weight excluding hydrogens is 503 g/mol. The fourth-order valence-electron chi connectivity index (χ4n) is 7.01. The second kappa shape index (κ2) is 10.3. The fraction of sp³-hybridized carbons (Fsp3) is 0.700. The summed E-state index contributed by atoms with van der Waals surface area (Å²) in [4.78, 5) is 38.4. The van der Waals surface area contributed by atoms with Gasteiger partial charge in [0.2, 0.25) is 5.91 Å². The van der Waals surface area contributed by atoms with Crippen molar-refractivity contribution >= 4 is 17.8 Å². The predicted molar refractivity (Wildman–Crippen MR) is 142 cm³/mol. The number of rotatable bonds is 9. The lowest BCUT2D eigenvalue weighted by Crippen LogP contribution is -2.50. The SMILES string of the molecule is COc1cc(F)c(OC2CCC(C)(C(=O)O)CC2)cc1C(=O)N[C@H]1[C@@H](C)[C@@H]2CC2[C@H]1C(=O)NCC1(C)CCC1. The molecule has 0 bridgehead atoms. The van der Waals surface area contributed by atoms with E-state index in [4.69, 9.17) is 9.47 Å². The Morgan fingerprint density at radius 1 is 1.08 bits per heavy atom. The summed E-state index contributed by atoms with van der Waals surface area (Å²) >= 11 is 0. The minimum absolute atomic E-state index is 0.00558. The van der Waals surface area contributed by atoms with Gasteiger partial charge in [-0.25, -0.2) is 4.39 Å². The molecule has 0 aromatic heterocycles. The van der Waals surface area contributed by atoms with Crippen LogP contribution >= 0.6 is 0 Å². The quantitative estimate of drug-likeness (QED) is 0.420. The molecule has 39 heavy (non-hydrogen) atoms. The van der Waals surface area contributed by atoms with Crippen LogP contribution in [0.1, 0.15) is 82.5 Å². The van der Waals surface area contributed by atoms with Gasteiger partial charge in [0, 0.05) is 18.7 Å². The first-order valence-electron chi connectivity index (χ1n) is 14.3. The van der Waals surface area contributed by atoms with Gasteiger partial charge >= 0.3 is 5.97 Å². The van der Waals surface area contributed by atoms with E-state index in [9.17, 15) is 23.9 Å². The van der Waals surface area contributed by atoms with Gasteiger partial charge in [-0.1, -0.05) is 20.3 Å². The van der Waals surface area contributed by atoms with Gasteiger partial charge in [-0.15, -0.1) is 0 Å². The van der Waals surface area contributed by atoms with Crippen molar-refractivity contribution in [3.8, 4) is 11.5 Å². The first-order chi connectivity index (χ1) is 18.4. The average Bonchev–Trinajstić information content (AvgIpc) is 3.62. The number of fused-ring (bicyclic) bond motifs is 1. The molecule has 3 N–H and O–H groups in total. The van der Waals surface area contributed by atoms with Crippen LogP contribution in [0.3, 0.4) is 0 Å². The number of amides is 2. The summed E-state index contributed by atoms with van der Waals surface area (Å²) in [5, 5.41) is 15.7. The number of carboxylic acid groups (broad SMARTS) is 1. The van der Waals surface area contributed by atoms with Gasteiger partial charge in [0.25, 0.3) is 5.91 Å². The normalized spacial score (nSPS) is 34.3. The maximum Gasteiger partial charge on any atom is 0.309 e. The molecule has 0 spiro atoms. The number of carboxylic acids is 1. The standard InChI is InChI=1S/C30H41FN2O6/c1-16-18-12-19(18)24(27(35)32-15-29(2)8-5-9-29)25(16)33-26(34)20-13-23(21(31)14-22(20)38-4)39-17-6-10-30(3,11-7-17)28(36)37/h13-14,16-19,24-25H,5-12,15H2,1-4H3,(H,32,35)(H,33,34)(H,36,37)/t16-,17?,18-,19?,24+,25-,30?/m0/s1. The van der Waals surface area contributed by atoms with Crippen molar-refractivity contribution in [1.82, 2.24) is 10.6 Å². The number of aliphatic carboxylic acids is 1. The molecule has 8 nitrogen and oxygen atoms in total. The van der Waals surface area contributed by atoms with Crippen LogP contribution in [0.25, 0.3) is 0 Å². The van der Waals surface area contributed by atoms with Crippen LogP contribution in [0.5, 0.6) is 11.5 Å². The van der Waals surface area contributed by atoms with Gasteiger partial charge < -0.3 is 25.2 Å². The first-order valence-corrected chi connectivity index (χ1v) is 14.3. The van der Waals surface area contributed by atoms with Gasteiger partial charge in [0.1, 0.15) is 5.75 Å². The van der Waals surface area contributed by atoms with Crippen molar-refractivity contribution in [3.63, 3.8) is 0 Å². The number of halogens is 1. The third kappa shape index (κ3) is 5.33. The molecule has 4 saturated carbocycles. The molecule has 0 aliphatic heterocycles. The number of methoxy groups -OCH3 is 1. The zero-order valence-corrected chi connectivity index (χ0v) is 23.3. The van der Waals surface area contributed by atoms with Crippen LogP contribution in [-0.4, -0.2) is 48.7 Å². The Hall–Kier alpha value is -2.84. The maximum atomic E-state index is 14.9. The number of carbonyl (C=O) groups excluding carboxylic acids is 2. The zero-order valence-electron chi connectivity index (χ0n) is 23.3. The van der Waals surface area contributed by atoms with E-state index in [2.05, 4.69) is 24.5 Å². The topological polar surface area (TPSA) is 114 Å². The molecule has 0 saturated heterocycles. The van der Waals surface area contributed by atoms with Crippen molar-refractivity contribution in [2.75, 3.05) is 13.7 Å². The van der Waals surface area contributed by atoms with Crippen LogP contribution in [0, 0.1) is 40.3 Å². The lowest BCUT2D eigenvalue weighted by Gasteiger charge is -2.39. The molecule has 4 aliphatic rings. The second-order valence-electron chi connectivity index (χ2n) is 13.0. The molecule has 1 aromatic rings. The minimum Gasteiger partial charge on any atom is -0.496 e. The molecule has 4 aliphatic carbocycles. The maximum absolute atomic E-state index is 14.9. The monoisotopic (exact) mass is 544 g/mol. The Kier molecular flexibility index (Phi) is 7.31. The van der Waals surface area contributed by atoms with Gasteiger partial charge in [0.15, 0.2) is 11.6 Å².